The van der Waals surface area contributed by atoms with Crippen molar-refractivity contribution in [3.63, 3.8) is 0 Å². The molecule has 0 aliphatic carbocycles. The molecule has 0 amide bonds. The minimum Gasteiger partial charge on any atom is -0.493 e. The van der Waals surface area contributed by atoms with Gasteiger partial charge in [-0.2, -0.15) is 0 Å². The number of aromatic nitrogens is 1. The van der Waals surface area contributed by atoms with E-state index in [0.29, 0.717) is 6.61 Å². The van der Waals surface area contributed by atoms with E-state index in [2.05, 4.69) is 28.1 Å². The quantitative estimate of drug-likeness (QED) is 0.832. The third kappa shape index (κ3) is 3.29. The van der Waals surface area contributed by atoms with Crippen LogP contribution in [0.3, 0.4) is 0 Å². The monoisotopic (exact) mass is 268 g/mol. The maximum absolute atomic E-state index is 5.84. The molecule has 1 aliphatic heterocycles. The van der Waals surface area contributed by atoms with Crippen LogP contribution in [0.5, 0.6) is 5.75 Å². The summed E-state index contributed by atoms with van der Waals surface area (Å²) in [5, 5.41) is 0. The van der Waals surface area contributed by atoms with Crippen molar-refractivity contribution in [3.8, 4) is 5.75 Å². The second-order valence-electron chi connectivity index (χ2n) is 5.11. The normalized spacial score (nSPS) is 14.5. The Morgan fingerprint density at radius 2 is 1.95 bits per heavy atom. The third-order valence-corrected chi connectivity index (χ3v) is 3.64. The summed E-state index contributed by atoms with van der Waals surface area (Å²) in [6.45, 7) is 3.00. The fourth-order valence-corrected chi connectivity index (χ4v) is 2.56. The highest BCUT2D eigenvalue weighted by Gasteiger charge is 2.12. The Hall–Kier alpha value is -2.03. The number of hydrogen-bond acceptors (Lipinski definition) is 3. The Morgan fingerprint density at radius 1 is 1.05 bits per heavy atom. The highest BCUT2D eigenvalue weighted by molar-refractivity contribution is 5.51. The predicted molar refractivity (Wildman–Crippen MR) is 81.3 cm³/mol. The molecule has 3 heteroatoms. The maximum atomic E-state index is 5.84. The molecule has 2 heterocycles. The minimum absolute atomic E-state index is 0.667. The molecule has 3 rings (SSSR count). The van der Waals surface area contributed by atoms with Crippen molar-refractivity contribution in [1.82, 2.24) is 4.98 Å². The van der Waals surface area contributed by atoms with Crippen molar-refractivity contribution in [2.45, 2.75) is 19.3 Å². The van der Waals surface area contributed by atoms with Gasteiger partial charge in [-0.3, -0.25) is 4.98 Å². The van der Waals surface area contributed by atoms with E-state index in [4.69, 9.17) is 4.74 Å². The van der Waals surface area contributed by atoms with Crippen molar-refractivity contribution in [2.75, 3.05) is 24.6 Å². The summed E-state index contributed by atoms with van der Waals surface area (Å²) >= 11 is 0. The molecule has 20 heavy (non-hydrogen) atoms. The van der Waals surface area contributed by atoms with Crippen LogP contribution < -0.4 is 9.64 Å². The Morgan fingerprint density at radius 3 is 2.75 bits per heavy atom. The zero-order valence-corrected chi connectivity index (χ0v) is 11.7. The number of rotatable bonds is 5. The molecule has 1 aromatic heterocycles. The molecular weight excluding hydrogens is 248 g/mol. The maximum Gasteiger partial charge on any atom is 0.121 e. The Bertz CT molecular complexity index is 536. The molecular formula is C17H20N2O. The first-order valence-electron chi connectivity index (χ1n) is 7.29. The molecule has 1 aromatic carbocycles. The third-order valence-electron chi connectivity index (χ3n) is 3.64. The second kappa shape index (κ2) is 6.42. The number of benzene rings is 1. The summed E-state index contributed by atoms with van der Waals surface area (Å²) in [5.41, 5.74) is 2.35. The first kappa shape index (κ1) is 13.0. The van der Waals surface area contributed by atoms with Crippen LogP contribution in [0, 0.1) is 0 Å². The SMILES string of the molecule is c1ccc(CCOc2cccc(N3CCCC3)c2)nc1. The molecule has 0 bridgehead atoms. The average Bonchev–Trinajstić information content (AvgIpc) is 3.03. The molecule has 0 atom stereocenters. The average molecular weight is 268 g/mol. The van der Waals surface area contributed by atoms with Crippen LogP contribution >= 0.6 is 0 Å². The van der Waals surface area contributed by atoms with Crippen LogP contribution in [0.25, 0.3) is 0 Å². The number of pyridine rings is 1. The lowest BCUT2D eigenvalue weighted by molar-refractivity contribution is 0.320. The van der Waals surface area contributed by atoms with E-state index >= 15 is 0 Å². The van der Waals surface area contributed by atoms with Gasteiger partial charge in [-0.15, -0.1) is 0 Å². The molecule has 0 spiro atoms. The number of nitrogens with zero attached hydrogens (tertiary/aromatic N) is 2. The Labute approximate surface area is 120 Å². The van der Waals surface area contributed by atoms with E-state index in [0.717, 1.165) is 31.0 Å². The standard InChI is InChI=1S/C17H20N2O/c1-2-10-18-15(6-1)9-13-20-17-8-5-7-16(14-17)19-11-3-4-12-19/h1-2,5-8,10,14H,3-4,9,11-13H2. The van der Waals surface area contributed by atoms with Gasteiger partial charge in [0.15, 0.2) is 0 Å². The van der Waals surface area contributed by atoms with E-state index in [1.807, 2.05) is 30.5 Å². The summed E-state index contributed by atoms with van der Waals surface area (Å²) in [6, 6.07) is 14.4. The van der Waals surface area contributed by atoms with Gasteiger partial charge in [0.25, 0.3) is 0 Å². The number of hydrogen-bond donors (Lipinski definition) is 0. The summed E-state index contributed by atoms with van der Waals surface area (Å²) in [4.78, 5) is 6.72. The largest absolute Gasteiger partial charge is 0.493 e. The lowest BCUT2D eigenvalue weighted by atomic mass is 10.2. The molecule has 0 radical (unpaired) electrons. The van der Waals surface area contributed by atoms with Gasteiger partial charge in [0, 0.05) is 43.2 Å². The van der Waals surface area contributed by atoms with Gasteiger partial charge >= 0.3 is 0 Å². The first-order chi connectivity index (χ1) is 9.92. The van der Waals surface area contributed by atoms with Crippen molar-refractivity contribution >= 4 is 5.69 Å². The molecule has 104 valence electrons. The molecule has 1 aliphatic rings. The van der Waals surface area contributed by atoms with Crippen molar-refractivity contribution in [1.29, 1.82) is 0 Å². The van der Waals surface area contributed by atoms with Crippen molar-refractivity contribution in [3.05, 3.63) is 54.4 Å². The summed E-state index contributed by atoms with van der Waals surface area (Å²) in [6.07, 6.45) is 5.26. The van der Waals surface area contributed by atoms with E-state index in [1.165, 1.54) is 18.5 Å². The molecule has 0 saturated carbocycles. The van der Waals surface area contributed by atoms with Crippen LogP contribution in [0.1, 0.15) is 18.5 Å². The number of ether oxygens (including phenoxy) is 1. The van der Waals surface area contributed by atoms with E-state index in [-0.39, 0.29) is 0 Å². The van der Waals surface area contributed by atoms with Crippen LogP contribution in [-0.4, -0.2) is 24.7 Å². The van der Waals surface area contributed by atoms with Gasteiger partial charge in [-0.25, -0.2) is 0 Å². The van der Waals surface area contributed by atoms with Gasteiger partial charge in [-0.1, -0.05) is 12.1 Å². The van der Waals surface area contributed by atoms with Gasteiger partial charge in [0.2, 0.25) is 0 Å². The van der Waals surface area contributed by atoms with Gasteiger partial charge in [0.05, 0.1) is 6.61 Å². The van der Waals surface area contributed by atoms with Crippen LogP contribution in [0.2, 0.25) is 0 Å². The fourth-order valence-electron chi connectivity index (χ4n) is 2.56. The van der Waals surface area contributed by atoms with Crippen molar-refractivity contribution in [2.24, 2.45) is 0 Å². The molecule has 3 nitrogen and oxygen atoms in total. The first-order valence-corrected chi connectivity index (χ1v) is 7.29. The Balaban J connectivity index is 1.56. The zero-order valence-electron chi connectivity index (χ0n) is 11.7. The molecule has 2 aromatic rings. The highest BCUT2D eigenvalue weighted by atomic mass is 16.5. The summed E-state index contributed by atoms with van der Waals surface area (Å²) < 4.78 is 5.84. The van der Waals surface area contributed by atoms with E-state index < -0.39 is 0 Å². The second-order valence-corrected chi connectivity index (χ2v) is 5.11. The Kier molecular flexibility index (Phi) is 4.16. The van der Waals surface area contributed by atoms with Gasteiger partial charge in [0.1, 0.15) is 5.75 Å². The van der Waals surface area contributed by atoms with Crippen LogP contribution in [-0.2, 0) is 6.42 Å². The zero-order chi connectivity index (χ0) is 13.6. The molecule has 0 N–H and O–H groups in total. The highest BCUT2D eigenvalue weighted by Crippen LogP contribution is 2.24. The number of anilines is 1. The van der Waals surface area contributed by atoms with E-state index in [1.54, 1.807) is 0 Å². The predicted octanol–water partition coefficient (Wildman–Crippen LogP) is 3.30. The van der Waals surface area contributed by atoms with Crippen LogP contribution in [0.15, 0.2) is 48.7 Å². The topological polar surface area (TPSA) is 25.4 Å². The van der Waals surface area contributed by atoms with Gasteiger partial charge in [-0.05, 0) is 37.1 Å². The molecule has 0 unspecified atom stereocenters. The molecule has 1 saturated heterocycles. The summed E-state index contributed by atoms with van der Waals surface area (Å²) in [7, 11) is 0. The van der Waals surface area contributed by atoms with Crippen molar-refractivity contribution < 1.29 is 4.74 Å². The molecule has 1 fully saturated rings. The van der Waals surface area contributed by atoms with Gasteiger partial charge < -0.3 is 9.64 Å². The fraction of sp³-hybridized carbons (Fsp3) is 0.353. The summed E-state index contributed by atoms with van der Waals surface area (Å²) in [5.74, 6) is 0.949. The van der Waals surface area contributed by atoms with E-state index in [9.17, 15) is 0 Å². The van der Waals surface area contributed by atoms with Crippen LogP contribution in [0.4, 0.5) is 5.69 Å². The lowest BCUT2D eigenvalue weighted by Crippen LogP contribution is -2.17. The minimum atomic E-state index is 0.667. The lowest BCUT2D eigenvalue weighted by Gasteiger charge is -2.18. The smallest absolute Gasteiger partial charge is 0.121 e.